The normalized spacial score (nSPS) is 43.2. The molecular formula is C12H20N2O2. The fraction of sp³-hybridized carbons (Fsp3) is 0.917. The van der Waals surface area contributed by atoms with Gasteiger partial charge in [0.25, 0.3) is 0 Å². The highest BCUT2D eigenvalue weighted by Crippen LogP contribution is 2.23. The Balaban J connectivity index is 1.65. The van der Waals surface area contributed by atoms with Crippen LogP contribution in [0.3, 0.4) is 0 Å². The van der Waals surface area contributed by atoms with Crippen molar-refractivity contribution in [1.82, 2.24) is 9.80 Å². The summed E-state index contributed by atoms with van der Waals surface area (Å²) in [6, 6.07) is 0.161. The van der Waals surface area contributed by atoms with Crippen molar-refractivity contribution in [2.24, 2.45) is 5.92 Å². The summed E-state index contributed by atoms with van der Waals surface area (Å²) < 4.78 is 5.42. The predicted molar refractivity (Wildman–Crippen MR) is 60.4 cm³/mol. The van der Waals surface area contributed by atoms with Gasteiger partial charge in [-0.25, -0.2) is 0 Å². The van der Waals surface area contributed by atoms with E-state index in [9.17, 15) is 4.79 Å². The van der Waals surface area contributed by atoms with Crippen LogP contribution in [0.2, 0.25) is 0 Å². The van der Waals surface area contributed by atoms with E-state index in [0.717, 1.165) is 52.2 Å². The molecule has 0 aliphatic carbocycles. The third-order valence-electron chi connectivity index (χ3n) is 4.17. The minimum atomic E-state index is 0.161. The maximum Gasteiger partial charge on any atom is 0.156 e. The largest absolute Gasteiger partial charge is 0.381 e. The van der Waals surface area contributed by atoms with Gasteiger partial charge >= 0.3 is 0 Å². The van der Waals surface area contributed by atoms with Crippen LogP contribution in [0.4, 0.5) is 0 Å². The van der Waals surface area contributed by atoms with Crippen LogP contribution in [-0.2, 0) is 9.53 Å². The number of carbonyl (C=O) groups excluding carboxylic acids is 1. The topological polar surface area (TPSA) is 32.8 Å². The molecule has 2 bridgehead atoms. The molecule has 4 aliphatic rings. The van der Waals surface area contributed by atoms with Crippen molar-refractivity contribution in [2.45, 2.75) is 18.9 Å². The van der Waals surface area contributed by atoms with E-state index < -0.39 is 0 Å². The van der Waals surface area contributed by atoms with E-state index in [1.807, 2.05) is 0 Å². The van der Waals surface area contributed by atoms with Crippen molar-refractivity contribution in [3.63, 3.8) is 0 Å². The molecule has 2 atom stereocenters. The summed E-state index contributed by atoms with van der Waals surface area (Å²) in [5.74, 6) is 0.600. The number of piperazine rings is 3. The van der Waals surface area contributed by atoms with Crippen LogP contribution in [-0.4, -0.2) is 67.6 Å². The van der Waals surface area contributed by atoms with Crippen molar-refractivity contribution in [2.75, 3.05) is 45.9 Å². The summed E-state index contributed by atoms with van der Waals surface area (Å²) in [6.07, 6.45) is 2.08. The van der Waals surface area contributed by atoms with Gasteiger partial charge in [0.1, 0.15) is 0 Å². The number of rotatable bonds is 2. The third kappa shape index (κ3) is 1.90. The zero-order valence-electron chi connectivity index (χ0n) is 9.73. The van der Waals surface area contributed by atoms with Gasteiger partial charge in [-0.1, -0.05) is 0 Å². The number of carbonyl (C=O) groups is 1. The second-order valence-electron chi connectivity index (χ2n) is 5.17. The SMILES string of the molecule is O=C(C1CCCOC1)C1CN2CCN1CC2. The third-order valence-corrected chi connectivity index (χ3v) is 4.17. The Kier molecular flexibility index (Phi) is 2.96. The maximum atomic E-state index is 12.4. The van der Waals surface area contributed by atoms with Crippen molar-refractivity contribution < 1.29 is 9.53 Å². The predicted octanol–water partition coefficient (Wildman–Crippen LogP) is -0.0181. The van der Waals surface area contributed by atoms with Crippen LogP contribution in [0.25, 0.3) is 0 Å². The molecule has 0 saturated carbocycles. The van der Waals surface area contributed by atoms with E-state index in [2.05, 4.69) is 9.80 Å². The molecule has 16 heavy (non-hydrogen) atoms. The summed E-state index contributed by atoms with van der Waals surface area (Å²) >= 11 is 0. The Bertz CT molecular complexity index is 268. The first-order valence-corrected chi connectivity index (χ1v) is 6.42. The molecule has 4 heterocycles. The number of ether oxygens (including phenoxy) is 1. The highest BCUT2D eigenvalue weighted by Gasteiger charge is 2.39. The number of hydrogen-bond acceptors (Lipinski definition) is 4. The molecule has 0 radical (unpaired) electrons. The van der Waals surface area contributed by atoms with E-state index in [1.165, 1.54) is 0 Å². The number of hydrogen-bond donors (Lipinski definition) is 0. The summed E-state index contributed by atoms with van der Waals surface area (Å²) in [6.45, 7) is 6.88. The smallest absolute Gasteiger partial charge is 0.156 e. The first-order valence-electron chi connectivity index (χ1n) is 6.42. The molecule has 0 aromatic carbocycles. The summed E-state index contributed by atoms with van der Waals surface area (Å²) in [5, 5.41) is 0. The average molecular weight is 224 g/mol. The highest BCUT2D eigenvalue weighted by molar-refractivity contribution is 5.87. The van der Waals surface area contributed by atoms with E-state index in [1.54, 1.807) is 0 Å². The van der Waals surface area contributed by atoms with Crippen molar-refractivity contribution in [3.8, 4) is 0 Å². The lowest BCUT2D eigenvalue weighted by Gasteiger charge is -2.47. The molecule has 4 aliphatic heterocycles. The Morgan fingerprint density at radius 2 is 2.00 bits per heavy atom. The van der Waals surface area contributed by atoms with E-state index in [-0.39, 0.29) is 12.0 Å². The van der Waals surface area contributed by atoms with Gasteiger partial charge < -0.3 is 4.74 Å². The van der Waals surface area contributed by atoms with Crippen LogP contribution in [0.5, 0.6) is 0 Å². The van der Waals surface area contributed by atoms with Gasteiger partial charge in [0.15, 0.2) is 5.78 Å². The van der Waals surface area contributed by atoms with Gasteiger partial charge in [0, 0.05) is 45.2 Å². The maximum absolute atomic E-state index is 12.4. The summed E-state index contributed by atoms with van der Waals surface area (Å²) in [7, 11) is 0. The molecule has 4 fully saturated rings. The molecule has 4 rings (SSSR count). The molecule has 4 saturated heterocycles. The average Bonchev–Trinajstić information content (AvgIpc) is 2.40. The number of ketones is 1. The number of nitrogens with zero attached hydrogens (tertiary/aromatic N) is 2. The van der Waals surface area contributed by atoms with Gasteiger partial charge in [-0.15, -0.1) is 0 Å². The molecule has 0 spiro atoms. The molecule has 4 heteroatoms. The zero-order chi connectivity index (χ0) is 11.0. The second-order valence-corrected chi connectivity index (χ2v) is 5.17. The molecule has 2 unspecified atom stereocenters. The van der Waals surface area contributed by atoms with Crippen molar-refractivity contribution in [1.29, 1.82) is 0 Å². The fourth-order valence-electron chi connectivity index (χ4n) is 3.12. The van der Waals surface area contributed by atoms with Gasteiger partial charge in [-0.3, -0.25) is 14.6 Å². The molecule has 0 amide bonds. The van der Waals surface area contributed by atoms with Crippen molar-refractivity contribution in [3.05, 3.63) is 0 Å². The minimum absolute atomic E-state index is 0.161. The van der Waals surface area contributed by atoms with Crippen LogP contribution in [0.1, 0.15) is 12.8 Å². The van der Waals surface area contributed by atoms with Crippen molar-refractivity contribution >= 4 is 5.78 Å². The van der Waals surface area contributed by atoms with Gasteiger partial charge in [-0.2, -0.15) is 0 Å². The lowest BCUT2D eigenvalue weighted by Crippen LogP contribution is -2.64. The lowest BCUT2D eigenvalue weighted by molar-refractivity contribution is -0.137. The molecular weight excluding hydrogens is 204 g/mol. The number of Topliss-reactive ketones (excluding diaryl/α,β-unsaturated/α-hetero) is 1. The van der Waals surface area contributed by atoms with Crippen LogP contribution < -0.4 is 0 Å². The number of fused-ring (bicyclic) bond motifs is 3. The standard InChI is InChI=1S/C12H20N2O2/c15-12(10-2-1-7-16-9-10)11-8-13-3-5-14(11)6-4-13/h10-11H,1-9H2. The van der Waals surface area contributed by atoms with Gasteiger partial charge in [-0.05, 0) is 12.8 Å². The van der Waals surface area contributed by atoms with Crippen LogP contribution >= 0.6 is 0 Å². The van der Waals surface area contributed by atoms with Crippen LogP contribution in [0.15, 0.2) is 0 Å². The Morgan fingerprint density at radius 3 is 2.56 bits per heavy atom. The fourth-order valence-corrected chi connectivity index (χ4v) is 3.12. The lowest BCUT2D eigenvalue weighted by atomic mass is 9.90. The molecule has 0 N–H and O–H groups in total. The monoisotopic (exact) mass is 224 g/mol. The summed E-state index contributed by atoms with van der Waals surface area (Å²) in [4.78, 5) is 17.2. The quantitative estimate of drug-likeness (QED) is 0.660. The highest BCUT2D eigenvalue weighted by atomic mass is 16.5. The van der Waals surface area contributed by atoms with E-state index >= 15 is 0 Å². The van der Waals surface area contributed by atoms with Gasteiger partial charge in [0.05, 0.1) is 12.6 Å². The second kappa shape index (κ2) is 4.43. The summed E-state index contributed by atoms with van der Waals surface area (Å²) in [5.41, 5.74) is 0. The first kappa shape index (κ1) is 10.7. The molecule has 0 aromatic rings. The Labute approximate surface area is 96.5 Å². The first-order chi connectivity index (χ1) is 7.84. The van der Waals surface area contributed by atoms with Gasteiger partial charge in [0.2, 0.25) is 0 Å². The Hall–Kier alpha value is -0.450. The minimum Gasteiger partial charge on any atom is -0.381 e. The molecule has 90 valence electrons. The van der Waals surface area contributed by atoms with E-state index in [4.69, 9.17) is 4.74 Å². The Morgan fingerprint density at radius 1 is 1.19 bits per heavy atom. The van der Waals surface area contributed by atoms with Crippen LogP contribution in [0, 0.1) is 5.92 Å². The van der Waals surface area contributed by atoms with E-state index in [0.29, 0.717) is 12.4 Å². The zero-order valence-corrected chi connectivity index (χ0v) is 9.73. The molecule has 0 aromatic heterocycles. The molecule has 4 nitrogen and oxygen atoms in total.